The lowest BCUT2D eigenvalue weighted by atomic mass is 9.95. The zero-order chi connectivity index (χ0) is 15.9. The number of aryl methyl sites for hydroxylation is 1. The van der Waals surface area contributed by atoms with Crippen molar-refractivity contribution in [2.75, 3.05) is 20.1 Å². The Bertz CT molecular complexity index is 532. The summed E-state index contributed by atoms with van der Waals surface area (Å²) in [5.41, 5.74) is 6.26. The first kappa shape index (κ1) is 19.7. The van der Waals surface area contributed by atoms with Gasteiger partial charge in [-0.2, -0.15) is 0 Å². The number of nitrogens with zero attached hydrogens (tertiary/aromatic N) is 3. The molecular weight excluding hydrogens is 409 g/mol. The van der Waals surface area contributed by atoms with Crippen molar-refractivity contribution in [3.8, 4) is 0 Å². The highest BCUT2D eigenvalue weighted by Crippen LogP contribution is 2.19. The highest BCUT2D eigenvalue weighted by molar-refractivity contribution is 14.0. The summed E-state index contributed by atoms with van der Waals surface area (Å²) in [4.78, 5) is 17.6. The molecule has 0 aliphatic carbocycles. The number of aromatic nitrogens is 1. The smallest absolute Gasteiger partial charge is 0.217 e. The maximum atomic E-state index is 11.1. The molecule has 2 heterocycles. The molecule has 1 atom stereocenters. The molecule has 0 radical (unpaired) electrons. The molecule has 1 aromatic heterocycles. The molecule has 8 heteroatoms. The number of halogens is 1. The SMILES string of the molecule is CCc1cc(CNC(=NC)N2CCCC(CC(N)=O)C2)on1.I. The van der Waals surface area contributed by atoms with Crippen LogP contribution in [0.15, 0.2) is 15.6 Å². The first-order valence-electron chi connectivity index (χ1n) is 7.80. The number of rotatable bonds is 5. The van der Waals surface area contributed by atoms with Crippen LogP contribution >= 0.6 is 24.0 Å². The summed E-state index contributed by atoms with van der Waals surface area (Å²) in [7, 11) is 1.76. The number of carbonyl (C=O) groups excluding carboxylic acids is 1. The van der Waals surface area contributed by atoms with Crippen molar-refractivity contribution in [3.63, 3.8) is 0 Å². The van der Waals surface area contributed by atoms with Crippen LogP contribution in [0.4, 0.5) is 0 Å². The van der Waals surface area contributed by atoms with Crippen molar-refractivity contribution in [3.05, 3.63) is 17.5 Å². The van der Waals surface area contributed by atoms with Crippen LogP contribution in [0, 0.1) is 5.92 Å². The van der Waals surface area contributed by atoms with Crippen molar-refractivity contribution < 1.29 is 9.32 Å². The minimum absolute atomic E-state index is 0. The largest absolute Gasteiger partial charge is 0.370 e. The van der Waals surface area contributed by atoms with Crippen molar-refractivity contribution in [1.29, 1.82) is 0 Å². The molecule has 1 aliphatic heterocycles. The molecule has 0 aromatic carbocycles. The van der Waals surface area contributed by atoms with Gasteiger partial charge in [0.15, 0.2) is 11.7 Å². The third-order valence-corrected chi connectivity index (χ3v) is 3.91. The minimum Gasteiger partial charge on any atom is -0.370 e. The molecule has 2 rings (SSSR count). The Hall–Kier alpha value is -1.32. The molecule has 0 saturated carbocycles. The molecule has 0 bridgehead atoms. The van der Waals surface area contributed by atoms with Gasteiger partial charge in [-0.05, 0) is 25.2 Å². The van der Waals surface area contributed by atoms with Gasteiger partial charge >= 0.3 is 0 Å². The van der Waals surface area contributed by atoms with Crippen molar-refractivity contribution in [2.45, 2.75) is 39.2 Å². The number of nitrogens with one attached hydrogen (secondary N) is 1. The maximum absolute atomic E-state index is 11.1. The average molecular weight is 435 g/mol. The standard InChI is InChI=1S/C15H25N5O2.HI/c1-3-12-8-13(22-19-12)9-18-15(17-2)20-6-4-5-11(10-20)7-14(16)21;/h8,11H,3-7,9-10H2,1-2H3,(H2,16,21)(H,17,18);1H. The molecule has 1 amide bonds. The van der Waals surface area contributed by atoms with Crippen LogP contribution in [-0.4, -0.2) is 42.1 Å². The molecule has 1 aromatic rings. The summed E-state index contributed by atoms with van der Waals surface area (Å²) in [6, 6.07) is 1.95. The van der Waals surface area contributed by atoms with E-state index in [9.17, 15) is 4.79 Å². The van der Waals surface area contributed by atoms with Crippen LogP contribution in [0.5, 0.6) is 0 Å². The zero-order valence-corrected chi connectivity index (χ0v) is 16.1. The van der Waals surface area contributed by atoms with Gasteiger partial charge in [-0.25, -0.2) is 0 Å². The lowest BCUT2D eigenvalue weighted by Crippen LogP contribution is -2.46. The molecular formula is C15H26IN5O2. The predicted molar refractivity (Wildman–Crippen MR) is 99.6 cm³/mol. The van der Waals surface area contributed by atoms with Gasteiger partial charge in [0, 0.05) is 32.6 Å². The first-order valence-corrected chi connectivity index (χ1v) is 7.80. The predicted octanol–water partition coefficient (Wildman–Crippen LogP) is 1.52. The number of primary amides is 1. The van der Waals surface area contributed by atoms with E-state index in [0.29, 0.717) is 18.9 Å². The quantitative estimate of drug-likeness (QED) is 0.415. The van der Waals surface area contributed by atoms with Gasteiger partial charge < -0.3 is 20.5 Å². The molecule has 1 fully saturated rings. The Labute approximate surface area is 154 Å². The number of hydrogen-bond acceptors (Lipinski definition) is 4. The Morgan fingerprint density at radius 1 is 1.61 bits per heavy atom. The fourth-order valence-corrected chi connectivity index (χ4v) is 2.81. The van der Waals surface area contributed by atoms with E-state index >= 15 is 0 Å². The van der Waals surface area contributed by atoms with Gasteiger partial charge in [-0.3, -0.25) is 9.79 Å². The van der Waals surface area contributed by atoms with Gasteiger partial charge in [0.05, 0.1) is 12.2 Å². The van der Waals surface area contributed by atoms with Crippen molar-refractivity contribution >= 4 is 35.8 Å². The third-order valence-electron chi connectivity index (χ3n) is 3.91. The van der Waals surface area contributed by atoms with Gasteiger partial charge in [0.1, 0.15) is 0 Å². The van der Waals surface area contributed by atoms with Crippen LogP contribution < -0.4 is 11.1 Å². The normalized spacial score (nSPS) is 18.4. The second kappa shape index (κ2) is 9.74. The summed E-state index contributed by atoms with van der Waals surface area (Å²) in [5.74, 6) is 1.69. The minimum atomic E-state index is -0.233. The number of amides is 1. The Morgan fingerprint density at radius 2 is 2.39 bits per heavy atom. The van der Waals surface area contributed by atoms with E-state index in [4.69, 9.17) is 10.3 Å². The number of nitrogens with two attached hydrogens (primary N) is 1. The Morgan fingerprint density at radius 3 is 3.00 bits per heavy atom. The fraction of sp³-hybridized carbons (Fsp3) is 0.667. The summed E-state index contributed by atoms with van der Waals surface area (Å²) in [6.45, 7) is 4.34. The summed E-state index contributed by atoms with van der Waals surface area (Å²) in [5, 5.41) is 7.27. The number of carbonyl (C=O) groups is 1. The molecule has 0 spiro atoms. The molecule has 1 aliphatic rings. The van der Waals surface area contributed by atoms with Gasteiger partial charge in [-0.1, -0.05) is 12.1 Å². The van der Waals surface area contributed by atoms with E-state index in [1.807, 2.05) is 13.0 Å². The molecule has 1 saturated heterocycles. The maximum Gasteiger partial charge on any atom is 0.217 e. The Kier molecular flexibility index (Phi) is 8.35. The summed E-state index contributed by atoms with van der Waals surface area (Å²) in [6.07, 6.45) is 3.38. The van der Waals surface area contributed by atoms with E-state index < -0.39 is 0 Å². The van der Waals surface area contributed by atoms with Crippen LogP contribution in [0.2, 0.25) is 0 Å². The van der Waals surface area contributed by atoms with Crippen LogP contribution in [-0.2, 0) is 17.8 Å². The number of guanidine groups is 1. The molecule has 3 N–H and O–H groups in total. The van der Waals surface area contributed by atoms with Gasteiger partial charge in [-0.15, -0.1) is 24.0 Å². The lowest BCUT2D eigenvalue weighted by molar-refractivity contribution is -0.119. The van der Waals surface area contributed by atoms with Crippen LogP contribution in [0.25, 0.3) is 0 Å². The lowest BCUT2D eigenvalue weighted by Gasteiger charge is -2.34. The van der Waals surface area contributed by atoms with E-state index in [-0.39, 0.29) is 29.9 Å². The summed E-state index contributed by atoms with van der Waals surface area (Å²) < 4.78 is 5.26. The molecule has 23 heavy (non-hydrogen) atoms. The fourth-order valence-electron chi connectivity index (χ4n) is 2.81. The van der Waals surface area contributed by atoms with E-state index in [0.717, 1.165) is 49.8 Å². The first-order chi connectivity index (χ1) is 10.6. The van der Waals surface area contributed by atoms with Gasteiger partial charge in [0.25, 0.3) is 0 Å². The average Bonchev–Trinajstić information content (AvgIpc) is 2.96. The van der Waals surface area contributed by atoms with Crippen molar-refractivity contribution in [1.82, 2.24) is 15.4 Å². The third kappa shape index (κ3) is 6.00. The number of hydrogen-bond donors (Lipinski definition) is 2. The van der Waals surface area contributed by atoms with Gasteiger partial charge in [0.2, 0.25) is 5.91 Å². The monoisotopic (exact) mass is 435 g/mol. The van der Waals surface area contributed by atoms with Crippen molar-refractivity contribution in [2.24, 2.45) is 16.6 Å². The Balaban J connectivity index is 0.00000264. The second-order valence-corrected chi connectivity index (χ2v) is 5.66. The molecule has 130 valence electrons. The number of aliphatic imine (C=N–C) groups is 1. The van der Waals surface area contributed by atoms with E-state index in [1.165, 1.54) is 0 Å². The zero-order valence-electron chi connectivity index (χ0n) is 13.7. The highest BCUT2D eigenvalue weighted by atomic mass is 127. The second-order valence-electron chi connectivity index (χ2n) is 5.66. The van der Waals surface area contributed by atoms with E-state index in [2.05, 4.69) is 20.4 Å². The molecule has 1 unspecified atom stereocenters. The van der Waals surface area contributed by atoms with Crippen LogP contribution in [0.1, 0.15) is 37.6 Å². The number of likely N-dealkylation sites (tertiary alicyclic amines) is 1. The van der Waals surface area contributed by atoms with E-state index in [1.54, 1.807) is 7.05 Å². The summed E-state index contributed by atoms with van der Waals surface area (Å²) >= 11 is 0. The highest BCUT2D eigenvalue weighted by Gasteiger charge is 2.23. The topological polar surface area (TPSA) is 96.8 Å². The number of piperidine rings is 1. The van der Waals surface area contributed by atoms with Crippen LogP contribution in [0.3, 0.4) is 0 Å². The molecule has 7 nitrogen and oxygen atoms in total.